The number of likely N-dealkylation sites (tertiary alicyclic amines) is 1. The first-order valence-corrected chi connectivity index (χ1v) is 14.3. The number of fused-ring (bicyclic) bond motifs is 1. The summed E-state index contributed by atoms with van der Waals surface area (Å²) in [6, 6.07) is 16.4. The quantitative estimate of drug-likeness (QED) is 0.228. The molecule has 43 heavy (non-hydrogen) atoms. The Kier molecular flexibility index (Phi) is 7.63. The van der Waals surface area contributed by atoms with Crippen LogP contribution in [0.2, 0.25) is 0 Å². The average Bonchev–Trinajstić information content (AvgIpc) is 3.77. The van der Waals surface area contributed by atoms with Gasteiger partial charge in [0, 0.05) is 23.8 Å². The van der Waals surface area contributed by atoms with Gasteiger partial charge in [0.25, 0.3) is 17.7 Å². The van der Waals surface area contributed by atoms with Crippen molar-refractivity contribution < 1.29 is 24.0 Å². The number of carbonyl (C=O) groups excluding carboxylic acids is 5. The highest BCUT2D eigenvalue weighted by Gasteiger charge is 2.36. The second-order valence-electron chi connectivity index (χ2n) is 9.99. The van der Waals surface area contributed by atoms with E-state index in [1.807, 2.05) is 0 Å². The number of amides is 4. The number of carbonyl (C=O) groups is 5. The molecule has 1 fully saturated rings. The lowest BCUT2D eigenvalue weighted by atomic mass is 10.1. The zero-order valence-corrected chi connectivity index (χ0v) is 24.3. The normalized spacial score (nSPS) is 14.3. The van der Waals surface area contributed by atoms with Gasteiger partial charge in [-0.1, -0.05) is 34.1 Å². The SMILES string of the molecule is O=C(CN1C(=O)c2ccccc2C1=O)NCc1nc(C(=O)N2CCCC2)nn1-c1ccc(Br)cc1C(=O)c1ccccn1. The first-order chi connectivity index (χ1) is 20.8. The first-order valence-electron chi connectivity index (χ1n) is 13.5. The Bertz CT molecular complexity index is 1750. The molecule has 2 aliphatic heterocycles. The molecule has 6 rings (SSSR count). The molecule has 2 aliphatic rings. The number of nitrogens with zero attached hydrogens (tertiary/aromatic N) is 6. The summed E-state index contributed by atoms with van der Waals surface area (Å²) in [5, 5.41) is 7.16. The maximum atomic E-state index is 13.5. The molecule has 0 spiro atoms. The summed E-state index contributed by atoms with van der Waals surface area (Å²) in [4.78, 5) is 76.3. The molecule has 2 aromatic carbocycles. The lowest BCUT2D eigenvalue weighted by molar-refractivity contribution is -0.121. The molecule has 0 radical (unpaired) electrons. The van der Waals surface area contributed by atoms with Crippen molar-refractivity contribution in [1.82, 2.24) is 34.9 Å². The van der Waals surface area contributed by atoms with Gasteiger partial charge in [0.2, 0.25) is 17.5 Å². The molecule has 1 N–H and O–H groups in total. The van der Waals surface area contributed by atoms with E-state index in [0.29, 0.717) is 23.2 Å². The zero-order chi connectivity index (χ0) is 30.1. The molecule has 0 saturated carbocycles. The van der Waals surface area contributed by atoms with Crippen molar-refractivity contribution in [2.24, 2.45) is 0 Å². The third-order valence-corrected chi connectivity index (χ3v) is 7.70. The van der Waals surface area contributed by atoms with Crippen LogP contribution < -0.4 is 5.32 Å². The molecule has 0 aliphatic carbocycles. The summed E-state index contributed by atoms with van der Waals surface area (Å²) in [5.74, 6) is -2.35. The zero-order valence-electron chi connectivity index (χ0n) is 22.7. The van der Waals surface area contributed by atoms with Crippen molar-refractivity contribution in [3.05, 3.63) is 105 Å². The van der Waals surface area contributed by atoms with Crippen LogP contribution in [-0.2, 0) is 11.3 Å². The predicted molar refractivity (Wildman–Crippen MR) is 156 cm³/mol. The van der Waals surface area contributed by atoms with E-state index in [1.54, 1.807) is 53.4 Å². The van der Waals surface area contributed by atoms with E-state index in [2.05, 4.69) is 36.3 Å². The van der Waals surface area contributed by atoms with E-state index >= 15 is 0 Å². The van der Waals surface area contributed by atoms with E-state index in [4.69, 9.17) is 0 Å². The molecule has 4 heterocycles. The molecule has 4 amide bonds. The Morgan fingerprint density at radius 1 is 0.907 bits per heavy atom. The number of benzene rings is 2. The average molecular weight is 642 g/mol. The number of aromatic nitrogens is 4. The largest absolute Gasteiger partial charge is 0.347 e. The fourth-order valence-electron chi connectivity index (χ4n) is 5.07. The van der Waals surface area contributed by atoms with Gasteiger partial charge in [0.05, 0.1) is 28.9 Å². The Labute approximate surface area is 253 Å². The van der Waals surface area contributed by atoms with Crippen LogP contribution >= 0.6 is 15.9 Å². The highest BCUT2D eigenvalue weighted by Crippen LogP contribution is 2.25. The van der Waals surface area contributed by atoms with E-state index < -0.39 is 24.3 Å². The third kappa shape index (κ3) is 5.46. The van der Waals surface area contributed by atoms with Gasteiger partial charge in [-0.05, 0) is 55.3 Å². The van der Waals surface area contributed by atoms with Crippen LogP contribution in [0.1, 0.15) is 66.1 Å². The minimum absolute atomic E-state index is 0.0781. The molecule has 13 heteroatoms. The van der Waals surface area contributed by atoms with E-state index in [0.717, 1.165) is 17.7 Å². The summed E-state index contributed by atoms with van der Waals surface area (Å²) in [6.07, 6.45) is 3.27. The monoisotopic (exact) mass is 641 g/mol. The summed E-state index contributed by atoms with van der Waals surface area (Å²) < 4.78 is 1.99. The molecule has 216 valence electrons. The fraction of sp³-hybridized carbons (Fsp3) is 0.200. The number of rotatable bonds is 8. The molecule has 0 bridgehead atoms. The summed E-state index contributed by atoms with van der Waals surface area (Å²) in [6.45, 7) is 0.472. The van der Waals surface area contributed by atoms with Crippen molar-refractivity contribution in [1.29, 1.82) is 0 Å². The number of nitrogens with one attached hydrogen (secondary N) is 1. The Morgan fingerprint density at radius 3 is 2.28 bits per heavy atom. The number of halogens is 1. The van der Waals surface area contributed by atoms with Crippen LogP contribution in [0, 0.1) is 0 Å². The fourth-order valence-corrected chi connectivity index (χ4v) is 5.43. The van der Waals surface area contributed by atoms with Gasteiger partial charge >= 0.3 is 0 Å². The highest BCUT2D eigenvalue weighted by molar-refractivity contribution is 9.10. The van der Waals surface area contributed by atoms with Crippen LogP contribution in [0.3, 0.4) is 0 Å². The smallest absolute Gasteiger partial charge is 0.293 e. The van der Waals surface area contributed by atoms with Crippen molar-refractivity contribution in [3.8, 4) is 5.69 Å². The summed E-state index contributed by atoms with van der Waals surface area (Å²) >= 11 is 3.42. The molecule has 4 aromatic rings. The van der Waals surface area contributed by atoms with Crippen molar-refractivity contribution in [2.75, 3.05) is 19.6 Å². The summed E-state index contributed by atoms with van der Waals surface area (Å²) in [5.41, 5.74) is 1.27. The van der Waals surface area contributed by atoms with E-state index in [-0.39, 0.29) is 52.3 Å². The second kappa shape index (κ2) is 11.7. The molecular weight excluding hydrogens is 618 g/mol. The van der Waals surface area contributed by atoms with Gasteiger partial charge in [0.1, 0.15) is 12.2 Å². The second-order valence-corrected chi connectivity index (χ2v) is 10.9. The van der Waals surface area contributed by atoms with Gasteiger partial charge in [0.15, 0.2) is 5.82 Å². The molecule has 2 aromatic heterocycles. The lowest BCUT2D eigenvalue weighted by Gasteiger charge is -2.14. The van der Waals surface area contributed by atoms with E-state index in [1.165, 1.54) is 23.0 Å². The molecule has 1 saturated heterocycles. The van der Waals surface area contributed by atoms with E-state index in [9.17, 15) is 24.0 Å². The number of hydrogen-bond acceptors (Lipinski definition) is 8. The predicted octanol–water partition coefficient (Wildman–Crippen LogP) is 2.80. The van der Waals surface area contributed by atoms with Crippen LogP contribution in [0.15, 0.2) is 71.3 Å². The van der Waals surface area contributed by atoms with Gasteiger partial charge in [-0.3, -0.25) is 33.9 Å². The van der Waals surface area contributed by atoms with Crippen LogP contribution in [-0.4, -0.2) is 78.6 Å². The minimum Gasteiger partial charge on any atom is -0.347 e. The highest BCUT2D eigenvalue weighted by atomic mass is 79.9. The first kappa shape index (κ1) is 28.1. The maximum absolute atomic E-state index is 13.5. The summed E-state index contributed by atoms with van der Waals surface area (Å²) in [7, 11) is 0. The number of ketones is 1. The van der Waals surface area contributed by atoms with Crippen molar-refractivity contribution in [3.63, 3.8) is 0 Å². The topological polar surface area (TPSA) is 147 Å². The molecule has 12 nitrogen and oxygen atoms in total. The van der Waals surface area contributed by atoms with Crippen LogP contribution in [0.25, 0.3) is 5.69 Å². The number of pyridine rings is 1. The van der Waals surface area contributed by atoms with Gasteiger partial charge < -0.3 is 10.2 Å². The molecular formula is C30H24BrN7O5. The van der Waals surface area contributed by atoms with Gasteiger partial charge in [-0.2, -0.15) is 0 Å². The van der Waals surface area contributed by atoms with Crippen molar-refractivity contribution in [2.45, 2.75) is 19.4 Å². The standard InChI is InChI=1S/C30H24BrN7O5/c31-18-10-11-23(21(15-18)26(40)22-9-3-4-12-32-22)38-24(34-27(35-38)30(43)36-13-5-6-14-36)16-33-25(39)17-37-28(41)19-7-1-2-8-20(19)29(37)42/h1-4,7-12,15H,5-6,13-14,16-17H2,(H,33,39). The lowest BCUT2D eigenvalue weighted by Crippen LogP contribution is -2.40. The van der Waals surface area contributed by atoms with Gasteiger partial charge in [-0.15, -0.1) is 5.10 Å². The third-order valence-electron chi connectivity index (χ3n) is 7.21. The Morgan fingerprint density at radius 2 is 1.60 bits per heavy atom. The minimum atomic E-state index is -0.614. The Balaban J connectivity index is 1.30. The Hall–Kier alpha value is -5.04. The van der Waals surface area contributed by atoms with Gasteiger partial charge in [-0.25, -0.2) is 9.67 Å². The van der Waals surface area contributed by atoms with Crippen LogP contribution in [0.5, 0.6) is 0 Å². The van der Waals surface area contributed by atoms with Crippen molar-refractivity contribution >= 4 is 45.3 Å². The number of hydrogen-bond donors (Lipinski definition) is 1. The number of imide groups is 1. The molecule has 0 unspecified atom stereocenters. The maximum Gasteiger partial charge on any atom is 0.293 e. The van der Waals surface area contributed by atoms with Crippen LogP contribution in [0.4, 0.5) is 0 Å². The molecule has 0 atom stereocenters.